The van der Waals surface area contributed by atoms with Crippen LogP contribution in [0.1, 0.15) is 36.8 Å². The molecule has 1 fully saturated rings. The predicted octanol–water partition coefficient (Wildman–Crippen LogP) is 3.54. The Morgan fingerprint density at radius 3 is 2.63 bits per heavy atom. The third kappa shape index (κ3) is 3.80. The van der Waals surface area contributed by atoms with Crippen molar-refractivity contribution in [3.63, 3.8) is 0 Å². The molecular weight excluding hydrogens is 304 g/mol. The van der Waals surface area contributed by atoms with Gasteiger partial charge in [0, 0.05) is 10.2 Å². The molecule has 3 nitrogen and oxygen atoms in total. The van der Waals surface area contributed by atoms with E-state index in [0.717, 1.165) is 40.7 Å². The minimum absolute atomic E-state index is 0.0493. The van der Waals surface area contributed by atoms with Crippen LogP contribution in [0.15, 0.2) is 16.6 Å². The third-order valence-corrected chi connectivity index (χ3v) is 4.83. The molecule has 1 aliphatic rings. The first-order valence-electron chi connectivity index (χ1n) is 6.89. The second kappa shape index (κ2) is 6.53. The zero-order valence-electron chi connectivity index (χ0n) is 11.6. The van der Waals surface area contributed by atoms with E-state index in [2.05, 4.69) is 26.6 Å². The van der Waals surface area contributed by atoms with Crippen LogP contribution in [0.3, 0.4) is 0 Å². The topological polar surface area (TPSA) is 41.1 Å². The van der Waals surface area contributed by atoms with E-state index in [0.29, 0.717) is 0 Å². The molecule has 2 N–H and O–H groups in total. The lowest BCUT2D eigenvalue weighted by atomic mass is 10.1. The molecule has 0 bridgehead atoms. The Labute approximate surface area is 123 Å². The maximum absolute atomic E-state index is 12.2. The highest BCUT2D eigenvalue weighted by Crippen LogP contribution is 2.25. The van der Waals surface area contributed by atoms with Gasteiger partial charge < -0.3 is 10.6 Å². The number of halogens is 1. The standard InChI is InChI=1S/C15H21BrN2O/c1-10-8-12(9-11(2)14(10)16)18-15(19)13-6-4-3-5-7-17-13/h8-9,13,17H,3-7H2,1-2H3,(H,18,19). The fraction of sp³-hybridized carbons (Fsp3) is 0.533. The van der Waals surface area contributed by atoms with Gasteiger partial charge in [0.1, 0.15) is 0 Å². The fourth-order valence-corrected chi connectivity index (χ4v) is 2.73. The van der Waals surface area contributed by atoms with Gasteiger partial charge in [-0.1, -0.05) is 28.8 Å². The molecule has 0 saturated carbocycles. The van der Waals surface area contributed by atoms with Crippen LogP contribution in [0, 0.1) is 13.8 Å². The van der Waals surface area contributed by atoms with Crippen LogP contribution >= 0.6 is 15.9 Å². The van der Waals surface area contributed by atoms with Crippen molar-refractivity contribution in [1.29, 1.82) is 0 Å². The van der Waals surface area contributed by atoms with Gasteiger partial charge in [-0.2, -0.15) is 0 Å². The minimum Gasteiger partial charge on any atom is -0.325 e. The van der Waals surface area contributed by atoms with Crippen LogP contribution in [0.2, 0.25) is 0 Å². The van der Waals surface area contributed by atoms with E-state index in [1.807, 2.05) is 26.0 Å². The van der Waals surface area contributed by atoms with Gasteiger partial charge in [0.2, 0.25) is 5.91 Å². The van der Waals surface area contributed by atoms with Crippen molar-refractivity contribution in [2.75, 3.05) is 11.9 Å². The first-order valence-corrected chi connectivity index (χ1v) is 7.68. The third-order valence-electron chi connectivity index (χ3n) is 3.58. The molecule has 0 radical (unpaired) electrons. The van der Waals surface area contributed by atoms with Gasteiger partial charge in [-0.15, -0.1) is 0 Å². The summed E-state index contributed by atoms with van der Waals surface area (Å²) in [7, 11) is 0. The van der Waals surface area contributed by atoms with Gasteiger partial charge in [-0.3, -0.25) is 4.79 Å². The van der Waals surface area contributed by atoms with E-state index in [1.54, 1.807) is 0 Å². The SMILES string of the molecule is Cc1cc(NC(=O)C2CCCCCN2)cc(C)c1Br. The number of hydrogen-bond acceptors (Lipinski definition) is 2. The zero-order valence-corrected chi connectivity index (χ0v) is 13.1. The molecule has 1 atom stereocenters. The quantitative estimate of drug-likeness (QED) is 0.873. The van der Waals surface area contributed by atoms with Crippen LogP contribution in [0.4, 0.5) is 5.69 Å². The number of carbonyl (C=O) groups is 1. The summed E-state index contributed by atoms with van der Waals surface area (Å²) in [6, 6.07) is 3.96. The average molecular weight is 325 g/mol. The lowest BCUT2D eigenvalue weighted by Gasteiger charge is -2.16. The van der Waals surface area contributed by atoms with E-state index in [4.69, 9.17) is 0 Å². The van der Waals surface area contributed by atoms with Gasteiger partial charge in [-0.05, 0) is 56.5 Å². The largest absolute Gasteiger partial charge is 0.325 e. The van der Waals surface area contributed by atoms with E-state index in [-0.39, 0.29) is 11.9 Å². The monoisotopic (exact) mass is 324 g/mol. The summed E-state index contributed by atoms with van der Waals surface area (Å²) in [5, 5.41) is 6.35. The maximum atomic E-state index is 12.2. The molecule has 1 unspecified atom stereocenters. The fourth-order valence-electron chi connectivity index (χ4n) is 2.50. The summed E-state index contributed by atoms with van der Waals surface area (Å²) in [6.45, 7) is 5.02. The van der Waals surface area contributed by atoms with Crippen molar-refractivity contribution < 1.29 is 4.79 Å². The van der Waals surface area contributed by atoms with E-state index < -0.39 is 0 Å². The van der Waals surface area contributed by atoms with Crippen molar-refractivity contribution >= 4 is 27.5 Å². The second-order valence-corrected chi connectivity index (χ2v) is 6.06. The Morgan fingerprint density at radius 1 is 1.26 bits per heavy atom. The van der Waals surface area contributed by atoms with Crippen LogP contribution in [0.25, 0.3) is 0 Å². The number of benzene rings is 1. The first-order chi connectivity index (χ1) is 9.08. The minimum atomic E-state index is -0.0493. The van der Waals surface area contributed by atoms with Gasteiger partial charge >= 0.3 is 0 Å². The molecule has 1 aliphatic heterocycles. The molecule has 0 spiro atoms. The Bertz CT molecular complexity index is 442. The highest BCUT2D eigenvalue weighted by atomic mass is 79.9. The molecule has 2 rings (SSSR count). The summed E-state index contributed by atoms with van der Waals surface area (Å²) < 4.78 is 1.11. The van der Waals surface area contributed by atoms with Crippen molar-refractivity contribution in [1.82, 2.24) is 5.32 Å². The second-order valence-electron chi connectivity index (χ2n) is 5.27. The normalized spacial score (nSPS) is 19.8. The van der Waals surface area contributed by atoms with Gasteiger partial charge in [0.05, 0.1) is 6.04 Å². The number of rotatable bonds is 2. The first kappa shape index (κ1) is 14.5. The number of hydrogen-bond donors (Lipinski definition) is 2. The summed E-state index contributed by atoms with van der Waals surface area (Å²) in [6.07, 6.45) is 4.44. The molecule has 1 aromatic rings. The molecule has 1 aromatic carbocycles. The van der Waals surface area contributed by atoms with Gasteiger partial charge in [0.15, 0.2) is 0 Å². The van der Waals surface area contributed by atoms with Crippen molar-refractivity contribution in [2.24, 2.45) is 0 Å². The van der Waals surface area contributed by atoms with Crippen molar-refractivity contribution in [2.45, 2.75) is 45.6 Å². The summed E-state index contributed by atoms with van der Waals surface area (Å²) >= 11 is 3.54. The van der Waals surface area contributed by atoms with Crippen LogP contribution < -0.4 is 10.6 Å². The van der Waals surface area contributed by atoms with Crippen LogP contribution in [-0.4, -0.2) is 18.5 Å². The molecule has 1 amide bonds. The molecule has 104 valence electrons. The Hall–Kier alpha value is -0.870. The lowest BCUT2D eigenvalue weighted by molar-refractivity contribution is -0.118. The molecule has 0 aliphatic carbocycles. The molecule has 1 saturated heterocycles. The summed E-state index contributed by atoms with van der Waals surface area (Å²) in [4.78, 5) is 12.2. The number of amides is 1. The van der Waals surface area contributed by atoms with E-state index in [1.165, 1.54) is 12.8 Å². The molecule has 1 heterocycles. The van der Waals surface area contributed by atoms with Crippen molar-refractivity contribution in [3.05, 3.63) is 27.7 Å². The number of anilines is 1. The van der Waals surface area contributed by atoms with Gasteiger partial charge in [-0.25, -0.2) is 0 Å². The number of aryl methyl sites for hydroxylation is 2. The maximum Gasteiger partial charge on any atom is 0.241 e. The lowest BCUT2D eigenvalue weighted by Crippen LogP contribution is -2.39. The van der Waals surface area contributed by atoms with Crippen LogP contribution in [0.5, 0.6) is 0 Å². The smallest absolute Gasteiger partial charge is 0.241 e. The van der Waals surface area contributed by atoms with Crippen LogP contribution in [-0.2, 0) is 4.79 Å². The highest BCUT2D eigenvalue weighted by molar-refractivity contribution is 9.10. The molecule has 0 aromatic heterocycles. The molecule has 19 heavy (non-hydrogen) atoms. The highest BCUT2D eigenvalue weighted by Gasteiger charge is 2.19. The predicted molar refractivity (Wildman–Crippen MR) is 82.5 cm³/mol. The summed E-state index contributed by atoms with van der Waals surface area (Å²) in [5.41, 5.74) is 3.17. The van der Waals surface area contributed by atoms with Crippen molar-refractivity contribution in [3.8, 4) is 0 Å². The van der Waals surface area contributed by atoms with Gasteiger partial charge in [0.25, 0.3) is 0 Å². The number of nitrogens with one attached hydrogen (secondary N) is 2. The van der Waals surface area contributed by atoms with E-state index >= 15 is 0 Å². The number of carbonyl (C=O) groups excluding carboxylic acids is 1. The Morgan fingerprint density at radius 2 is 1.95 bits per heavy atom. The van der Waals surface area contributed by atoms with E-state index in [9.17, 15) is 4.79 Å². The molecule has 4 heteroatoms. The average Bonchev–Trinajstić information content (AvgIpc) is 2.64. The summed E-state index contributed by atoms with van der Waals surface area (Å²) in [5.74, 6) is 0.0861. The Kier molecular flexibility index (Phi) is 4.99. The zero-order chi connectivity index (χ0) is 13.8. The molecular formula is C15H21BrN2O. The Balaban J connectivity index is 2.05.